The molecule has 2 fully saturated rings. The summed E-state index contributed by atoms with van der Waals surface area (Å²) in [6.45, 7) is 1.08. The van der Waals surface area contributed by atoms with Crippen LogP contribution in [0.1, 0.15) is 25.7 Å². The molecular formula is C10H17NO2. The number of hydrogen-bond acceptors (Lipinski definition) is 3. The molecule has 2 aliphatic rings. The van der Waals surface area contributed by atoms with E-state index in [0.717, 1.165) is 13.0 Å². The van der Waals surface area contributed by atoms with Crippen LogP contribution in [0.3, 0.4) is 0 Å². The van der Waals surface area contributed by atoms with E-state index in [9.17, 15) is 4.79 Å². The van der Waals surface area contributed by atoms with Crippen molar-refractivity contribution in [3.8, 4) is 0 Å². The molecule has 1 heterocycles. The minimum atomic E-state index is -0.0636. The normalized spacial score (nSPS) is 31.7. The maximum absolute atomic E-state index is 11.4. The van der Waals surface area contributed by atoms with Gasteiger partial charge >= 0.3 is 5.97 Å². The highest BCUT2D eigenvalue weighted by molar-refractivity contribution is 5.76. The second-order valence-electron chi connectivity index (χ2n) is 4.51. The van der Waals surface area contributed by atoms with Crippen LogP contribution in [-0.2, 0) is 9.53 Å². The zero-order chi connectivity index (χ0) is 9.47. The Kier molecular flexibility index (Phi) is 2.06. The van der Waals surface area contributed by atoms with E-state index in [1.54, 1.807) is 0 Å². The molecule has 3 heteroatoms. The fourth-order valence-corrected chi connectivity index (χ4v) is 2.71. The first-order valence-electron chi connectivity index (χ1n) is 4.95. The third kappa shape index (κ3) is 1.35. The van der Waals surface area contributed by atoms with Crippen LogP contribution in [-0.4, -0.2) is 37.6 Å². The van der Waals surface area contributed by atoms with E-state index in [4.69, 9.17) is 4.74 Å². The van der Waals surface area contributed by atoms with Crippen LogP contribution in [0.15, 0.2) is 0 Å². The second kappa shape index (κ2) is 2.98. The first kappa shape index (κ1) is 9.00. The van der Waals surface area contributed by atoms with E-state index in [1.807, 2.05) is 7.05 Å². The van der Waals surface area contributed by atoms with Gasteiger partial charge in [-0.3, -0.25) is 9.69 Å². The molecule has 0 N–H and O–H groups in total. The Labute approximate surface area is 79.0 Å². The molecule has 1 spiro atoms. The summed E-state index contributed by atoms with van der Waals surface area (Å²) in [6.07, 6.45) is 4.94. The van der Waals surface area contributed by atoms with Crippen LogP contribution in [0, 0.1) is 5.41 Å². The number of nitrogens with zero attached hydrogens (tertiary/aromatic N) is 1. The van der Waals surface area contributed by atoms with Gasteiger partial charge in [-0.2, -0.15) is 0 Å². The number of rotatable bonds is 1. The monoisotopic (exact) mass is 183 g/mol. The smallest absolute Gasteiger partial charge is 0.323 e. The van der Waals surface area contributed by atoms with Gasteiger partial charge < -0.3 is 4.74 Å². The molecule has 0 aromatic rings. The van der Waals surface area contributed by atoms with Gasteiger partial charge in [0.15, 0.2) is 0 Å². The van der Waals surface area contributed by atoms with Crippen LogP contribution in [0.25, 0.3) is 0 Å². The molecule has 0 unspecified atom stereocenters. The number of esters is 1. The fourth-order valence-electron chi connectivity index (χ4n) is 2.71. The Hall–Kier alpha value is -0.570. The van der Waals surface area contributed by atoms with E-state index in [1.165, 1.54) is 26.4 Å². The number of carbonyl (C=O) groups is 1. The molecule has 3 nitrogen and oxygen atoms in total. The number of ether oxygens (including phenoxy) is 1. The molecule has 1 aliphatic heterocycles. The van der Waals surface area contributed by atoms with Crippen molar-refractivity contribution in [1.29, 1.82) is 0 Å². The van der Waals surface area contributed by atoms with Crippen molar-refractivity contribution in [3.63, 3.8) is 0 Å². The molecule has 74 valence electrons. The molecule has 0 aromatic carbocycles. The van der Waals surface area contributed by atoms with E-state index in [-0.39, 0.29) is 12.0 Å². The lowest BCUT2D eigenvalue weighted by molar-refractivity contribution is -0.145. The molecule has 0 aromatic heterocycles. The minimum absolute atomic E-state index is 0.0188. The molecule has 0 bridgehead atoms. The van der Waals surface area contributed by atoms with Gasteiger partial charge in [0.25, 0.3) is 0 Å². The number of likely N-dealkylation sites (N-methyl/N-ethyl adjacent to an activating group) is 1. The lowest BCUT2D eigenvalue weighted by Crippen LogP contribution is -2.33. The van der Waals surface area contributed by atoms with Gasteiger partial charge in [-0.15, -0.1) is 0 Å². The topological polar surface area (TPSA) is 29.5 Å². The highest BCUT2D eigenvalue weighted by atomic mass is 16.5. The predicted octanol–water partition coefficient (Wildman–Crippen LogP) is 1.03. The van der Waals surface area contributed by atoms with E-state index < -0.39 is 0 Å². The first-order chi connectivity index (χ1) is 6.17. The van der Waals surface area contributed by atoms with Gasteiger partial charge in [0.1, 0.15) is 6.04 Å². The zero-order valence-corrected chi connectivity index (χ0v) is 8.38. The maximum Gasteiger partial charge on any atom is 0.323 e. The van der Waals surface area contributed by atoms with Gasteiger partial charge in [0, 0.05) is 6.54 Å². The average molecular weight is 183 g/mol. The predicted molar refractivity (Wildman–Crippen MR) is 49.3 cm³/mol. The SMILES string of the molecule is COC(=O)[C@@H]1CC2(CCC2)CN1C. The second-order valence-corrected chi connectivity index (χ2v) is 4.51. The van der Waals surface area contributed by atoms with Crippen molar-refractivity contribution in [2.24, 2.45) is 5.41 Å². The summed E-state index contributed by atoms with van der Waals surface area (Å²) >= 11 is 0. The van der Waals surface area contributed by atoms with E-state index in [0.29, 0.717) is 5.41 Å². The Morgan fingerprint density at radius 2 is 2.23 bits per heavy atom. The highest BCUT2D eigenvalue weighted by Gasteiger charge is 2.48. The molecule has 0 radical (unpaired) electrons. The summed E-state index contributed by atoms with van der Waals surface area (Å²) < 4.78 is 4.79. The molecule has 1 aliphatic carbocycles. The van der Waals surface area contributed by atoms with Crippen molar-refractivity contribution in [3.05, 3.63) is 0 Å². The summed E-state index contributed by atoms with van der Waals surface area (Å²) in [6, 6.07) is 0.0188. The van der Waals surface area contributed by atoms with Gasteiger partial charge in [-0.25, -0.2) is 0 Å². The number of hydrogen-bond donors (Lipinski definition) is 0. The summed E-state index contributed by atoms with van der Waals surface area (Å²) in [5, 5.41) is 0. The van der Waals surface area contributed by atoms with E-state index >= 15 is 0 Å². The van der Waals surface area contributed by atoms with Crippen LogP contribution in [0.2, 0.25) is 0 Å². The highest BCUT2D eigenvalue weighted by Crippen LogP contribution is 2.49. The third-order valence-electron chi connectivity index (χ3n) is 3.63. The summed E-state index contributed by atoms with van der Waals surface area (Å²) in [5.74, 6) is -0.0636. The molecule has 1 saturated heterocycles. The summed E-state index contributed by atoms with van der Waals surface area (Å²) in [5.41, 5.74) is 0.466. The molecule has 1 atom stereocenters. The quantitative estimate of drug-likeness (QED) is 0.569. The van der Waals surface area contributed by atoms with E-state index in [2.05, 4.69) is 4.90 Å². The minimum Gasteiger partial charge on any atom is -0.468 e. The van der Waals surface area contributed by atoms with Crippen LogP contribution in [0.4, 0.5) is 0 Å². The first-order valence-corrected chi connectivity index (χ1v) is 4.95. The van der Waals surface area contributed by atoms with Gasteiger partial charge in [0.05, 0.1) is 7.11 Å². The number of methoxy groups -OCH3 is 1. The Balaban J connectivity index is 2.03. The van der Waals surface area contributed by atoms with Crippen LogP contribution >= 0.6 is 0 Å². The van der Waals surface area contributed by atoms with Crippen molar-refractivity contribution in [1.82, 2.24) is 4.90 Å². The summed E-state index contributed by atoms with van der Waals surface area (Å²) in [4.78, 5) is 13.5. The molecular weight excluding hydrogens is 166 g/mol. The van der Waals surface area contributed by atoms with Crippen LogP contribution < -0.4 is 0 Å². The number of carbonyl (C=O) groups excluding carboxylic acids is 1. The Morgan fingerprint density at radius 3 is 2.62 bits per heavy atom. The standard InChI is InChI=1S/C10H17NO2/c1-11-7-10(4-3-5-10)6-8(11)9(12)13-2/h8H,3-7H2,1-2H3/t8-/m0/s1. The van der Waals surface area contributed by atoms with Crippen molar-refractivity contribution < 1.29 is 9.53 Å². The van der Waals surface area contributed by atoms with Crippen LogP contribution in [0.5, 0.6) is 0 Å². The van der Waals surface area contributed by atoms with Gasteiger partial charge in [-0.05, 0) is 31.7 Å². The molecule has 2 rings (SSSR count). The maximum atomic E-state index is 11.4. The summed E-state index contributed by atoms with van der Waals surface area (Å²) in [7, 11) is 3.50. The molecule has 13 heavy (non-hydrogen) atoms. The molecule has 1 saturated carbocycles. The van der Waals surface area contributed by atoms with Gasteiger partial charge in [-0.1, -0.05) is 6.42 Å². The third-order valence-corrected chi connectivity index (χ3v) is 3.63. The number of likely N-dealkylation sites (tertiary alicyclic amines) is 1. The average Bonchev–Trinajstić information content (AvgIpc) is 2.41. The lowest BCUT2D eigenvalue weighted by Gasteiger charge is -2.37. The lowest BCUT2D eigenvalue weighted by atomic mass is 9.67. The van der Waals surface area contributed by atoms with Crippen molar-refractivity contribution in [2.45, 2.75) is 31.7 Å². The fraction of sp³-hybridized carbons (Fsp3) is 0.900. The van der Waals surface area contributed by atoms with Crippen molar-refractivity contribution >= 4 is 5.97 Å². The zero-order valence-electron chi connectivity index (χ0n) is 8.38. The largest absolute Gasteiger partial charge is 0.468 e. The molecule has 0 amide bonds. The van der Waals surface area contributed by atoms with Gasteiger partial charge in [0.2, 0.25) is 0 Å². The Bertz CT molecular complexity index is 223. The van der Waals surface area contributed by atoms with Crippen molar-refractivity contribution in [2.75, 3.05) is 20.7 Å². The Morgan fingerprint density at radius 1 is 1.54 bits per heavy atom.